The molecule has 1 aliphatic rings. The molecule has 0 aromatic heterocycles. The number of ether oxygens (including phenoxy) is 1. The zero-order chi connectivity index (χ0) is 17.0. The first-order valence-corrected chi connectivity index (χ1v) is 8.78. The third-order valence-electron chi connectivity index (χ3n) is 4.85. The lowest BCUT2D eigenvalue weighted by Gasteiger charge is -2.38. The van der Waals surface area contributed by atoms with Crippen LogP contribution in [-0.2, 0) is 10.3 Å². The van der Waals surface area contributed by atoms with Gasteiger partial charge in [0.2, 0.25) is 0 Å². The van der Waals surface area contributed by atoms with E-state index in [9.17, 15) is 5.11 Å². The Balaban J connectivity index is 1.91. The van der Waals surface area contributed by atoms with Gasteiger partial charge in [0.05, 0.1) is 18.8 Å². The highest BCUT2D eigenvalue weighted by atomic mass is 35.5. The van der Waals surface area contributed by atoms with Crippen molar-refractivity contribution in [3.05, 3.63) is 70.7 Å². The van der Waals surface area contributed by atoms with E-state index >= 15 is 0 Å². The smallest absolute Gasteiger partial charge is 0.0949 e. The zero-order valence-electron chi connectivity index (χ0n) is 14.0. The van der Waals surface area contributed by atoms with Crippen molar-refractivity contribution in [1.82, 2.24) is 4.90 Å². The molecule has 0 spiro atoms. The number of benzene rings is 2. The Kier molecular flexibility index (Phi) is 5.57. The molecule has 2 atom stereocenters. The summed E-state index contributed by atoms with van der Waals surface area (Å²) in [4.78, 5) is 2.37. The van der Waals surface area contributed by atoms with Crippen molar-refractivity contribution < 1.29 is 9.84 Å². The maximum atomic E-state index is 11.4. The molecule has 0 bridgehead atoms. The molecule has 3 rings (SSSR count). The Labute approximate surface area is 148 Å². The van der Waals surface area contributed by atoms with Gasteiger partial charge in [0.1, 0.15) is 0 Å². The van der Waals surface area contributed by atoms with Crippen LogP contribution in [0.15, 0.2) is 54.6 Å². The van der Waals surface area contributed by atoms with Crippen LogP contribution in [0, 0.1) is 0 Å². The maximum Gasteiger partial charge on any atom is 0.0949 e. The number of hydrogen-bond acceptors (Lipinski definition) is 3. The van der Waals surface area contributed by atoms with Crippen LogP contribution < -0.4 is 0 Å². The second-order valence-corrected chi connectivity index (χ2v) is 6.97. The molecular formula is C20H24ClNO2. The number of hydrogen-bond donors (Lipinski definition) is 1. The summed E-state index contributed by atoms with van der Waals surface area (Å²) < 4.78 is 5.45. The monoisotopic (exact) mass is 345 g/mol. The second kappa shape index (κ2) is 7.66. The standard InChI is InChI=1S/C20H24ClNO2/c1-20(23,17-7-9-18(21)10-8-17)19(16-5-3-2-4-6-16)15-22-11-13-24-14-12-22/h2-10,19,23H,11-15H2,1H3/t19-,20+/m1/s1. The first kappa shape index (κ1) is 17.4. The fourth-order valence-corrected chi connectivity index (χ4v) is 3.45. The number of aliphatic hydroxyl groups is 1. The summed E-state index contributed by atoms with van der Waals surface area (Å²) in [5.41, 5.74) is 1.04. The fourth-order valence-electron chi connectivity index (χ4n) is 3.32. The first-order chi connectivity index (χ1) is 11.6. The van der Waals surface area contributed by atoms with E-state index in [-0.39, 0.29) is 5.92 Å². The Morgan fingerprint density at radius 1 is 1.08 bits per heavy atom. The lowest BCUT2D eigenvalue weighted by Crippen LogP contribution is -2.43. The van der Waals surface area contributed by atoms with E-state index in [1.54, 1.807) is 0 Å². The molecule has 0 amide bonds. The second-order valence-electron chi connectivity index (χ2n) is 6.53. The topological polar surface area (TPSA) is 32.7 Å². The quantitative estimate of drug-likeness (QED) is 0.897. The average molecular weight is 346 g/mol. The minimum Gasteiger partial charge on any atom is -0.385 e. The van der Waals surface area contributed by atoms with E-state index in [1.165, 1.54) is 0 Å². The van der Waals surface area contributed by atoms with Crippen molar-refractivity contribution in [2.24, 2.45) is 0 Å². The number of morpholine rings is 1. The normalized spacial score (nSPS) is 19.6. The van der Waals surface area contributed by atoms with Crippen molar-refractivity contribution in [3.8, 4) is 0 Å². The molecule has 0 radical (unpaired) electrons. The number of rotatable bonds is 5. The van der Waals surface area contributed by atoms with E-state index in [0.717, 1.165) is 44.0 Å². The van der Waals surface area contributed by atoms with Gasteiger partial charge >= 0.3 is 0 Å². The molecule has 0 saturated carbocycles. The van der Waals surface area contributed by atoms with Gasteiger partial charge in [-0.05, 0) is 30.2 Å². The van der Waals surface area contributed by atoms with Crippen LogP contribution in [0.25, 0.3) is 0 Å². The number of halogens is 1. The average Bonchev–Trinajstić information content (AvgIpc) is 2.61. The van der Waals surface area contributed by atoms with Gasteiger partial charge in [-0.15, -0.1) is 0 Å². The van der Waals surface area contributed by atoms with E-state index < -0.39 is 5.60 Å². The highest BCUT2D eigenvalue weighted by Crippen LogP contribution is 2.38. The molecule has 128 valence electrons. The first-order valence-electron chi connectivity index (χ1n) is 8.41. The summed E-state index contributed by atoms with van der Waals surface area (Å²) in [5, 5.41) is 12.1. The predicted octanol–water partition coefficient (Wildman–Crippen LogP) is 3.66. The Bertz CT molecular complexity index is 636. The molecule has 4 heteroatoms. The largest absolute Gasteiger partial charge is 0.385 e. The summed E-state index contributed by atoms with van der Waals surface area (Å²) in [6.45, 7) is 6.01. The molecule has 1 saturated heterocycles. The molecule has 2 aromatic carbocycles. The Morgan fingerprint density at radius 2 is 1.71 bits per heavy atom. The lowest BCUT2D eigenvalue weighted by molar-refractivity contribution is -0.0107. The van der Waals surface area contributed by atoms with Crippen molar-refractivity contribution in [2.45, 2.75) is 18.4 Å². The van der Waals surface area contributed by atoms with E-state index in [0.29, 0.717) is 5.02 Å². The molecule has 1 heterocycles. The molecular weight excluding hydrogens is 322 g/mol. The summed E-state index contributed by atoms with van der Waals surface area (Å²) in [7, 11) is 0. The third kappa shape index (κ3) is 3.98. The minimum atomic E-state index is -0.982. The molecule has 1 fully saturated rings. The Morgan fingerprint density at radius 3 is 2.33 bits per heavy atom. The van der Waals surface area contributed by atoms with Gasteiger partial charge in [0.25, 0.3) is 0 Å². The minimum absolute atomic E-state index is 0.0297. The zero-order valence-corrected chi connectivity index (χ0v) is 14.7. The van der Waals surface area contributed by atoms with Gasteiger partial charge in [0.15, 0.2) is 0 Å². The Hall–Kier alpha value is -1.39. The molecule has 1 aliphatic heterocycles. The lowest BCUT2D eigenvalue weighted by atomic mass is 9.78. The van der Waals surface area contributed by atoms with Crippen LogP contribution in [-0.4, -0.2) is 42.9 Å². The molecule has 3 nitrogen and oxygen atoms in total. The highest BCUT2D eigenvalue weighted by molar-refractivity contribution is 6.30. The van der Waals surface area contributed by atoms with Crippen LogP contribution in [0.5, 0.6) is 0 Å². The van der Waals surface area contributed by atoms with E-state index in [2.05, 4.69) is 17.0 Å². The van der Waals surface area contributed by atoms with Gasteiger partial charge in [-0.25, -0.2) is 0 Å². The van der Waals surface area contributed by atoms with Crippen molar-refractivity contribution in [2.75, 3.05) is 32.8 Å². The van der Waals surface area contributed by atoms with Gasteiger partial charge in [-0.1, -0.05) is 54.1 Å². The molecule has 0 aliphatic carbocycles. The third-order valence-corrected chi connectivity index (χ3v) is 5.11. The summed E-state index contributed by atoms with van der Waals surface area (Å²) in [6.07, 6.45) is 0. The molecule has 1 N–H and O–H groups in total. The van der Waals surface area contributed by atoms with Gasteiger partial charge in [0, 0.05) is 30.6 Å². The van der Waals surface area contributed by atoms with Gasteiger partial charge < -0.3 is 9.84 Å². The fraction of sp³-hybridized carbons (Fsp3) is 0.400. The number of nitrogens with zero attached hydrogens (tertiary/aromatic N) is 1. The van der Waals surface area contributed by atoms with Crippen LogP contribution in [0.1, 0.15) is 24.0 Å². The summed E-state index contributed by atoms with van der Waals surface area (Å²) >= 11 is 6.01. The van der Waals surface area contributed by atoms with E-state index in [1.807, 2.05) is 49.4 Å². The van der Waals surface area contributed by atoms with Crippen LogP contribution in [0.4, 0.5) is 0 Å². The van der Waals surface area contributed by atoms with E-state index in [4.69, 9.17) is 16.3 Å². The molecule has 24 heavy (non-hydrogen) atoms. The summed E-state index contributed by atoms with van der Waals surface area (Å²) in [6, 6.07) is 17.7. The van der Waals surface area contributed by atoms with Crippen LogP contribution in [0.2, 0.25) is 5.02 Å². The van der Waals surface area contributed by atoms with Crippen molar-refractivity contribution in [1.29, 1.82) is 0 Å². The predicted molar refractivity (Wildman–Crippen MR) is 97.5 cm³/mol. The molecule has 2 aromatic rings. The van der Waals surface area contributed by atoms with Crippen molar-refractivity contribution in [3.63, 3.8) is 0 Å². The summed E-state index contributed by atoms with van der Waals surface area (Å²) in [5.74, 6) is -0.0297. The van der Waals surface area contributed by atoms with Crippen LogP contribution in [0.3, 0.4) is 0 Å². The van der Waals surface area contributed by atoms with Crippen molar-refractivity contribution >= 4 is 11.6 Å². The van der Waals surface area contributed by atoms with Gasteiger partial charge in [-0.3, -0.25) is 4.90 Å². The van der Waals surface area contributed by atoms with Crippen LogP contribution >= 0.6 is 11.6 Å². The highest BCUT2D eigenvalue weighted by Gasteiger charge is 2.36. The maximum absolute atomic E-state index is 11.4. The SMILES string of the molecule is C[C@](O)(c1ccc(Cl)cc1)[C@H](CN1CCOCC1)c1ccccc1. The van der Waals surface area contributed by atoms with Gasteiger partial charge in [-0.2, -0.15) is 0 Å². The molecule has 0 unspecified atom stereocenters.